The lowest BCUT2D eigenvalue weighted by Gasteiger charge is -2.32. The van der Waals surface area contributed by atoms with E-state index < -0.39 is 5.54 Å². The molecular weight excluding hydrogens is 398 g/mol. The molecule has 6 nitrogen and oxygen atoms in total. The molecule has 2 aromatic carbocycles. The number of pyridine rings is 2. The van der Waals surface area contributed by atoms with Crippen molar-refractivity contribution in [2.24, 2.45) is 5.10 Å². The number of nitrogens with one attached hydrogen (secondary N) is 1. The molecule has 0 aliphatic carbocycles. The second-order valence-electron chi connectivity index (χ2n) is 8.35. The van der Waals surface area contributed by atoms with Crippen molar-refractivity contribution in [2.45, 2.75) is 25.8 Å². The van der Waals surface area contributed by atoms with E-state index in [-0.39, 0.29) is 5.91 Å². The van der Waals surface area contributed by atoms with E-state index in [4.69, 9.17) is 10.1 Å². The van der Waals surface area contributed by atoms with Gasteiger partial charge < -0.3 is 5.32 Å². The lowest BCUT2D eigenvalue weighted by Crippen LogP contribution is -2.46. The Morgan fingerprint density at radius 1 is 1.00 bits per heavy atom. The number of fused-ring (bicyclic) bond motifs is 3. The van der Waals surface area contributed by atoms with E-state index >= 15 is 0 Å². The van der Waals surface area contributed by atoms with E-state index in [1.54, 1.807) is 6.20 Å². The number of hydrazone groups is 1. The van der Waals surface area contributed by atoms with E-state index in [2.05, 4.69) is 16.4 Å². The Kier molecular flexibility index (Phi) is 3.92. The number of hydrogen-bond acceptors (Lipinski definition) is 5. The summed E-state index contributed by atoms with van der Waals surface area (Å²) in [6, 6.07) is 21.9. The Labute approximate surface area is 185 Å². The third-order valence-corrected chi connectivity index (χ3v) is 6.43. The van der Waals surface area contributed by atoms with Gasteiger partial charge >= 0.3 is 0 Å². The zero-order valence-electron chi connectivity index (χ0n) is 17.8. The van der Waals surface area contributed by atoms with Gasteiger partial charge in [0.2, 0.25) is 0 Å². The van der Waals surface area contributed by atoms with E-state index in [1.807, 2.05) is 79.5 Å². The highest BCUT2D eigenvalue weighted by molar-refractivity contribution is 6.16. The van der Waals surface area contributed by atoms with Crippen LogP contribution in [0.1, 0.15) is 28.8 Å². The molecule has 0 radical (unpaired) electrons. The lowest BCUT2D eigenvalue weighted by atomic mass is 9.84. The Morgan fingerprint density at radius 3 is 2.69 bits per heavy atom. The Hall–Kier alpha value is -4.06. The van der Waals surface area contributed by atoms with Crippen molar-refractivity contribution < 1.29 is 4.79 Å². The van der Waals surface area contributed by atoms with E-state index in [9.17, 15) is 4.79 Å². The second-order valence-corrected chi connectivity index (χ2v) is 8.35. The minimum Gasteiger partial charge on any atom is -0.323 e. The van der Waals surface area contributed by atoms with Gasteiger partial charge in [0, 0.05) is 40.5 Å². The van der Waals surface area contributed by atoms with Crippen LogP contribution in [-0.2, 0) is 10.3 Å². The van der Waals surface area contributed by atoms with Gasteiger partial charge in [-0.05, 0) is 49.7 Å². The number of rotatable bonds is 2. The third kappa shape index (κ3) is 2.52. The monoisotopic (exact) mass is 419 g/mol. The molecule has 4 heterocycles. The van der Waals surface area contributed by atoms with Gasteiger partial charge in [-0.2, -0.15) is 5.10 Å². The second kappa shape index (κ2) is 6.72. The van der Waals surface area contributed by atoms with Crippen molar-refractivity contribution in [1.29, 1.82) is 0 Å². The van der Waals surface area contributed by atoms with Crippen molar-refractivity contribution in [3.63, 3.8) is 0 Å². The first-order chi connectivity index (χ1) is 15.6. The van der Waals surface area contributed by atoms with Gasteiger partial charge in [0.25, 0.3) is 5.91 Å². The molecule has 2 aliphatic heterocycles. The maximum atomic E-state index is 13.6. The maximum absolute atomic E-state index is 13.6. The minimum atomic E-state index is -0.936. The zero-order chi connectivity index (χ0) is 21.9. The van der Waals surface area contributed by atoms with Gasteiger partial charge in [0.05, 0.1) is 11.4 Å². The van der Waals surface area contributed by atoms with Crippen LogP contribution >= 0.6 is 0 Å². The average molecular weight is 419 g/mol. The number of carbonyl (C=O) groups is 1. The molecule has 0 saturated carbocycles. The molecule has 2 aliphatic rings. The molecule has 1 unspecified atom stereocenters. The SMILES string of the molecule is Cc1cccc2c1NC(=O)C21CC(c2cc3cccnc3nc2C)=NN1c1ccccc1. The quantitative estimate of drug-likeness (QED) is 0.511. The van der Waals surface area contributed by atoms with Crippen LogP contribution in [0.3, 0.4) is 0 Å². The highest BCUT2D eigenvalue weighted by Gasteiger charge is 2.56. The Balaban J connectivity index is 1.57. The first-order valence-corrected chi connectivity index (χ1v) is 10.6. The molecule has 4 aromatic rings. The number of aryl methyl sites for hydroxylation is 2. The molecule has 6 heteroatoms. The van der Waals surface area contributed by atoms with Crippen LogP contribution in [0.2, 0.25) is 0 Å². The highest BCUT2D eigenvalue weighted by Crippen LogP contribution is 2.50. The van der Waals surface area contributed by atoms with Gasteiger partial charge in [0.15, 0.2) is 11.2 Å². The maximum Gasteiger partial charge on any atom is 0.257 e. The van der Waals surface area contributed by atoms with Crippen LogP contribution in [0.25, 0.3) is 11.0 Å². The number of para-hydroxylation sites is 2. The van der Waals surface area contributed by atoms with Crippen LogP contribution in [0.5, 0.6) is 0 Å². The van der Waals surface area contributed by atoms with Crippen molar-refractivity contribution in [2.75, 3.05) is 10.3 Å². The van der Waals surface area contributed by atoms with Crippen molar-refractivity contribution in [3.05, 3.63) is 95.3 Å². The van der Waals surface area contributed by atoms with E-state index in [1.165, 1.54) is 0 Å². The van der Waals surface area contributed by atoms with Crippen LogP contribution < -0.4 is 10.3 Å². The summed E-state index contributed by atoms with van der Waals surface area (Å²) in [7, 11) is 0. The topological polar surface area (TPSA) is 70.5 Å². The molecule has 156 valence electrons. The normalized spacial score (nSPS) is 19.4. The first kappa shape index (κ1) is 18.7. The van der Waals surface area contributed by atoms with Gasteiger partial charge in [-0.25, -0.2) is 15.0 Å². The fraction of sp³-hybridized carbons (Fsp3) is 0.154. The largest absolute Gasteiger partial charge is 0.323 e. The number of amides is 1. The summed E-state index contributed by atoms with van der Waals surface area (Å²) in [6.45, 7) is 3.99. The summed E-state index contributed by atoms with van der Waals surface area (Å²) in [6.07, 6.45) is 2.20. The average Bonchev–Trinajstić information content (AvgIpc) is 3.34. The zero-order valence-corrected chi connectivity index (χ0v) is 17.8. The van der Waals surface area contributed by atoms with Gasteiger partial charge in [-0.15, -0.1) is 0 Å². The number of carbonyl (C=O) groups excluding carboxylic acids is 1. The standard InChI is InChI=1S/C26H21N5O/c1-16-8-6-12-21-23(16)29-25(32)26(21)15-22(30-31(26)19-10-4-3-5-11-19)20-14-18-9-7-13-27-24(18)28-17(20)2/h3-14H,15H2,1-2H3,(H,29,32). The predicted octanol–water partition coefficient (Wildman–Crippen LogP) is 4.71. The molecule has 1 spiro atoms. The number of anilines is 2. The van der Waals surface area contributed by atoms with Crippen molar-refractivity contribution in [3.8, 4) is 0 Å². The Bertz CT molecular complexity index is 1430. The van der Waals surface area contributed by atoms with E-state index in [0.717, 1.165) is 44.9 Å². The molecule has 1 N–H and O–H groups in total. The number of nitrogens with zero attached hydrogens (tertiary/aromatic N) is 4. The molecule has 32 heavy (non-hydrogen) atoms. The molecule has 1 atom stereocenters. The summed E-state index contributed by atoms with van der Waals surface area (Å²) >= 11 is 0. The molecule has 1 amide bonds. The van der Waals surface area contributed by atoms with Gasteiger partial charge in [-0.1, -0.05) is 36.4 Å². The summed E-state index contributed by atoms with van der Waals surface area (Å²) in [5, 5.41) is 11.0. The number of hydrogen-bond donors (Lipinski definition) is 1. The van der Waals surface area contributed by atoms with Crippen LogP contribution in [0, 0.1) is 13.8 Å². The summed E-state index contributed by atoms with van der Waals surface area (Å²) in [5.74, 6) is -0.0579. The summed E-state index contributed by atoms with van der Waals surface area (Å²) in [5.41, 5.74) is 6.17. The van der Waals surface area contributed by atoms with Crippen molar-refractivity contribution >= 4 is 34.0 Å². The lowest BCUT2D eigenvalue weighted by molar-refractivity contribution is -0.120. The van der Waals surface area contributed by atoms with Gasteiger partial charge in [0.1, 0.15) is 0 Å². The summed E-state index contributed by atoms with van der Waals surface area (Å²) in [4.78, 5) is 22.7. The fourth-order valence-corrected chi connectivity index (χ4v) is 4.85. The molecule has 0 fully saturated rings. The smallest absolute Gasteiger partial charge is 0.257 e. The van der Waals surface area contributed by atoms with Crippen LogP contribution in [0.15, 0.2) is 78.0 Å². The minimum absolute atomic E-state index is 0.0579. The molecule has 6 rings (SSSR count). The molecule has 0 bridgehead atoms. The first-order valence-electron chi connectivity index (χ1n) is 10.6. The fourth-order valence-electron chi connectivity index (χ4n) is 4.85. The highest BCUT2D eigenvalue weighted by atomic mass is 16.2. The van der Waals surface area contributed by atoms with Crippen LogP contribution in [-0.4, -0.2) is 21.6 Å². The number of benzene rings is 2. The summed E-state index contributed by atoms with van der Waals surface area (Å²) < 4.78 is 0. The molecular formula is C26H21N5O. The predicted molar refractivity (Wildman–Crippen MR) is 126 cm³/mol. The van der Waals surface area contributed by atoms with Gasteiger partial charge in [-0.3, -0.25) is 4.79 Å². The molecule has 0 saturated heterocycles. The molecule has 2 aromatic heterocycles. The Morgan fingerprint density at radius 2 is 1.84 bits per heavy atom. The number of aromatic nitrogens is 2. The van der Waals surface area contributed by atoms with Crippen LogP contribution in [0.4, 0.5) is 11.4 Å². The van der Waals surface area contributed by atoms with Crippen molar-refractivity contribution in [1.82, 2.24) is 9.97 Å². The van der Waals surface area contributed by atoms with E-state index in [0.29, 0.717) is 12.1 Å². The third-order valence-electron chi connectivity index (χ3n) is 6.43.